The molecule has 2 aromatic rings. The highest BCUT2D eigenvalue weighted by molar-refractivity contribution is 7.80. The molecular formula is C20H23N3OS. The van der Waals surface area contributed by atoms with E-state index >= 15 is 0 Å². The van der Waals surface area contributed by atoms with E-state index in [9.17, 15) is 0 Å². The van der Waals surface area contributed by atoms with Crippen LogP contribution in [0, 0.1) is 11.3 Å². The Morgan fingerprint density at radius 2 is 1.88 bits per heavy atom. The zero-order chi connectivity index (χ0) is 18.2. The van der Waals surface area contributed by atoms with Gasteiger partial charge in [0.2, 0.25) is 0 Å². The second-order valence-corrected chi connectivity index (χ2v) is 6.29. The number of hydrogen-bond donors (Lipinski definition) is 1. The summed E-state index contributed by atoms with van der Waals surface area (Å²) in [7, 11) is 1.63. The molecule has 0 saturated carbocycles. The summed E-state index contributed by atoms with van der Waals surface area (Å²) in [5.41, 5.74) is 3.03. The first-order valence-corrected chi connectivity index (χ1v) is 8.66. The smallest absolute Gasteiger partial charge is 0.178 e. The Morgan fingerprint density at radius 1 is 1.20 bits per heavy atom. The SMILES string of the molecule is COc1ccccc1N(CCC#N)C(=S)Nc1ccccc1C(C)C. The maximum Gasteiger partial charge on any atom is 0.178 e. The van der Waals surface area contributed by atoms with Crippen LogP contribution in [-0.2, 0) is 0 Å². The molecule has 2 aromatic carbocycles. The molecule has 0 amide bonds. The summed E-state index contributed by atoms with van der Waals surface area (Å²) in [4.78, 5) is 1.91. The van der Waals surface area contributed by atoms with E-state index < -0.39 is 0 Å². The van der Waals surface area contributed by atoms with Gasteiger partial charge in [-0.15, -0.1) is 0 Å². The Labute approximate surface area is 155 Å². The minimum Gasteiger partial charge on any atom is -0.495 e. The van der Waals surface area contributed by atoms with Crippen molar-refractivity contribution < 1.29 is 4.74 Å². The predicted octanol–water partition coefficient (Wildman–Crippen LogP) is 4.94. The molecule has 0 unspecified atom stereocenters. The van der Waals surface area contributed by atoms with Crippen molar-refractivity contribution in [3.8, 4) is 11.8 Å². The maximum absolute atomic E-state index is 9.01. The molecule has 1 N–H and O–H groups in total. The summed E-state index contributed by atoms with van der Waals surface area (Å²) in [5.74, 6) is 1.10. The van der Waals surface area contributed by atoms with Crippen LogP contribution >= 0.6 is 12.2 Å². The molecule has 0 aliphatic carbocycles. The highest BCUT2D eigenvalue weighted by Gasteiger charge is 2.17. The molecule has 25 heavy (non-hydrogen) atoms. The number of benzene rings is 2. The maximum atomic E-state index is 9.01. The van der Waals surface area contributed by atoms with Gasteiger partial charge in [-0.25, -0.2) is 0 Å². The van der Waals surface area contributed by atoms with Gasteiger partial charge in [-0.1, -0.05) is 44.2 Å². The third-order valence-corrected chi connectivity index (χ3v) is 4.22. The van der Waals surface area contributed by atoms with E-state index in [2.05, 4.69) is 31.3 Å². The number of methoxy groups -OCH3 is 1. The van der Waals surface area contributed by atoms with Crippen molar-refractivity contribution in [2.24, 2.45) is 0 Å². The molecule has 0 aliphatic rings. The molecule has 130 valence electrons. The molecular weight excluding hydrogens is 330 g/mol. The van der Waals surface area contributed by atoms with Crippen molar-refractivity contribution in [3.63, 3.8) is 0 Å². The zero-order valence-electron chi connectivity index (χ0n) is 14.8. The van der Waals surface area contributed by atoms with Crippen LogP contribution in [0.4, 0.5) is 11.4 Å². The number of ether oxygens (including phenoxy) is 1. The monoisotopic (exact) mass is 353 g/mol. The van der Waals surface area contributed by atoms with E-state index in [1.807, 2.05) is 47.4 Å². The third-order valence-electron chi connectivity index (χ3n) is 3.89. The number of nitrogens with zero attached hydrogens (tertiary/aromatic N) is 2. The van der Waals surface area contributed by atoms with Crippen LogP contribution in [0.25, 0.3) is 0 Å². The van der Waals surface area contributed by atoms with Gasteiger partial charge in [-0.2, -0.15) is 5.26 Å². The highest BCUT2D eigenvalue weighted by atomic mass is 32.1. The highest BCUT2D eigenvalue weighted by Crippen LogP contribution is 2.30. The van der Waals surface area contributed by atoms with Crippen LogP contribution in [0.1, 0.15) is 31.7 Å². The topological polar surface area (TPSA) is 48.3 Å². The van der Waals surface area contributed by atoms with Crippen LogP contribution in [0.3, 0.4) is 0 Å². The quantitative estimate of drug-likeness (QED) is 0.746. The van der Waals surface area contributed by atoms with Crippen molar-refractivity contribution in [2.75, 3.05) is 23.9 Å². The van der Waals surface area contributed by atoms with Gasteiger partial charge in [0.05, 0.1) is 25.3 Å². The molecule has 0 atom stereocenters. The van der Waals surface area contributed by atoms with Gasteiger partial charge >= 0.3 is 0 Å². The number of thiocarbonyl (C=S) groups is 1. The largest absolute Gasteiger partial charge is 0.495 e. The molecule has 0 bridgehead atoms. The lowest BCUT2D eigenvalue weighted by Gasteiger charge is -2.27. The molecule has 0 aliphatic heterocycles. The van der Waals surface area contributed by atoms with Crippen LogP contribution in [0.2, 0.25) is 0 Å². The Morgan fingerprint density at radius 3 is 2.56 bits per heavy atom. The number of rotatable bonds is 6. The van der Waals surface area contributed by atoms with Crippen LogP contribution in [0.15, 0.2) is 48.5 Å². The average molecular weight is 353 g/mol. The molecule has 0 saturated heterocycles. The molecule has 0 fully saturated rings. The van der Waals surface area contributed by atoms with Crippen molar-refractivity contribution in [3.05, 3.63) is 54.1 Å². The van der Waals surface area contributed by atoms with Crippen LogP contribution in [0.5, 0.6) is 5.75 Å². The lowest BCUT2D eigenvalue weighted by molar-refractivity contribution is 0.415. The number of para-hydroxylation sites is 3. The summed E-state index contributed by atoms with van der Waals surface area (Å²) in [5, 5.41) is 12.9. The number of nitriles is 1. The first kappa shape index (κ1) is 18.8. The Hall–Kier alpha value is -2.58. The first-order chi connectivity index (χ1) is 12.1. The lowest BCUT2D eigenvalue weighted by Crippen LogP contribution is -2.36. The fraction of sp³-hybridized carbons (Fsp3) is 0.300. The normalized spacial score (nSPS) is 10.2. The molecule has 4 nitrogen and oxygen atoms in total. The van der Waals surface area contributed by atoms with Gasteiger partial charge in [-0.05, 0) is 41.9 Å². The van der Waals surface area contributed by atoms with E-state index in [0.29, 0.717) is 24.0 Å². The fourth-order valence-corrected chi connectivity index (χ4v) is 2.94. The Bertz CT molecular complexity index is 768. The molecule has 0 radical (unpaired) electrons. The molecule has 5 heteroatoms. The third kappa shape index (κ3) is 4.71. The molecule has 2 rings (SSSR count). The number of hydrogen-bond acceptors (Lipinski definition) is 3. The molecule has 0 aromatic heterocycles. The summed E-state index contributed by atoms with van der Waals surface area (Å²) < 4.78 is 5.46. The Kier molecular flexibility index (Phi) is 6.79. The minimum atomic E-state index is 0.367. The van der Waals surface area contributed by atoms with E-state index in [0.717, 1.165) is 17.1 Å². The Balaban J connectivity index is 2.33. The van der Waals surface area contributed by atoms with Crippen LogP contribution < -0.4 is 15.0 Å². The number of nitrogens with one attached hydrogen (secondary N) is 1. The molecule has 0 heterocycles. The van der Waals surface area contributed by atoms with Gasteiger partial charge in [-0.3, -0.25) is 0 Å². The zero-order valence-corrected chi connectivity index (χ0v) is 15.6. The predicted molar refractivity (Wildman–Crippen MR) is 107 cm³/mol. The second-order valence-electron chi connectivity index (χ2n) is 5.90. The second kappa shape index (κ2) is 9.05. The van der Waals surface area contributed by atoms with Crippen molar-refractivity contribution in [1.29, 1.82) is 5.26 Å². The average Bonchev–Trinajstić information content (AvgIpc) is 2.62. The summed E-state index contributed by atoms with van der Waals surface area (Å²) in [6, 6.07) is 18.0. The van der Waals surface area contributed by atoms with E-state index in [-0.39, 0.29) is 0 Å². The van der Waals surface area contributed by atoms with E-state index in [1.165, 1.54) is 5.56 Å². The summed E-state index contributed by atoms with van der Waals surface area (Å²) in [6.07, 6.45) is 0.367. The number of anilines is 2. The minimum absolute atomic E-state index is 0.367. The molecule has 0 spiro atoms. The van der Waals surface area contributed by atoms with Gasteiger partial charge in [0.1, 0.15) is 5.75 Å². The first-order valence-electron chi connectivity index (χ1n) is 8.26. The van der Waals surface area contributed by atoms with E-state index in [4.69, 9.17) is 22.2 Å². The van der Waals surface area contributed by atoms with E-state index in [1.54, 1.807) is 7.11 Å². The van der Waals surface area contributed by atoms with Gasteiger partial charge in [0.25, 0.3) is 0 Å². The van der Waals surface area contributed by atoms with Gasteiger partial charge in [0, 0.05) is 12.2 Å². The van der Waals surface area contributed by atoms with Gasteiger partial charge in [0.15, 0.2) is 5.11 Å². The van der Waals surface area contributed by atoms with Crippen molar-refractivity contribution >= 4 is 28.7 Å². The van der Waals surface area contributed by atoms with Gasteiger partial charge < -0.3 is 15.0 Å². The van der Waals surface area contributed by atoms with Crippen molar-refractivity contribution in [1.82, 2.24) is 0 Å². The summed E-state index contributed by atoms with van der Waals surface area (Å²) in [6.45, 7) is 4.79. The van der Waals surface area contributed by atoms with Crippen molar-refractivity contribution in [2.45, 2.75) is 26.2 Å². The lowest BCUT2D eigenvalue weighted by atomic mass is 10.0. The fourth-order valence-electron chi connectivity index (χ4n) is 2.64. The standard InChI is InChI=1S/C20H23N3OS/c1-15(2)16-9-4-5-10-17(16)22-20(25)23(14-8-13-21)18-11-6-7-12-19(18)24-3/h4-7,9-12,15H,8,14H2,1-3H3,(H,22,25). The summed E-state index contributed by atoms with van der Waals surface area (Å²) >= 11 is 5.66. The van der Waals surface area contributed by atoms with Crippen LogP contribution in [-0.4, -0.2) is 18.8 Å².